The number of hydrogen-bond acceptors (Lipinski definition) is 3. The van der Waals surface area contributed by atoms with E-state index >= 15 is 0 Å². The first-order valence-corrected chi connectivity index (χ1v) is 6.39. The highest BCUT2D eigenvalue weighted by Gasteiger charge is 2.09. The molecule has 1 aromatic carbocycles. The summed E-state index contributed by atoms with van der Waals surface area (Å²) in [5.74, 6) is 0.806. The fourth-order valence-electron chi connectivity index (χ4n) is 2.09. The van der Waals surface area contributed by atoms with Crippen molar-refractivity contribution in [1.82, 2.24) is 20.1 Å². The van der Waals surface area contributed by atoms with Crippen LogP contribution in [0.2, 0.25) is 5.02 Å². The molecular weight excluding hydrogens is 260 g/mol. The van der Waals surface area contributed by atoms with E-state index in [4.69, 9.17) is 11.6 Å². The van der Waals surface area contributed by atoms with E-state index in [2.05, 4.69) is 27.5 Å². The van der Waals surface area contributed by atoms with E-state index in [1.165, 1.54) is 0 Å². The summed E-state index contributed by atoms with van der Waals surface area (Å²) >= 11 is 5.93. The summed E-state index contributed by atoms with van der Waals surface area (Å²) in [6, 6.07) is 10.2. The molecule has 0 aliphatic heterocycles. The molecule has 1 N–H and O–H groups in total. The number of aromatic nitrogens is 3. The molecule has 96 valence electrons. The Morgan fingerprint density at radius 2 is 2.16 bits per heavy atom. The molecule has 0 radical (unpaired) electrons. The van der Waals surface area contributed by atoms with E-state index in [9.17, 15) is 0 Å². The Balaban J connectivity index is 2.22. The number of benzene rings is 1. The summed E-state index contributed by atoms with van der Waals surface area (Å²) in [6.07, 6.45) is 3.37. The lowest BCUT2D eigenvalue weighted by Gasteiger charge is -2.10. The maximum atomic E-state index is 5.93. The first kappa shape index (κ1) is 12.1. The van der Waals surface area contributed by atoms with Gasteiger partial charge in [0.1, 0.15) is 0 Å². The van der Waals surface area contributed by atoms with Gasteiger partial charge in [-0.25, -0.2) is 9.67 Å². The Morgan fingerprint density at radius 3 is 2.89 bits per heavy atom. The molecule has 2 heterocycles. The molecule has 0 aliphatic carbocycles. The number of halogens is 1. The summed E-state index contributed by atoms with van der Waals surface area (Å²) in [6.45, 7) is 0.727. The van der Waals surface area contributed by atoms with E-state index in [1.807, 2.05) is 25.2 Å². The number of hydrogen-bond donors (Lipinski definition) is 1. The van der Waals surface area contributed by atoms with Crippen LogP contribution in [0.4, 0.5) is 0 Å². The monoisotopic (exact) mass is 272 g/mol. The number of nitrogens with zero attached hydrogens (tertiary/aromatic N) is 3. The molecule has 0 atom stereocenters. The average Bonchev–Trinajstić information content (AvgIpc) is 2.85. The average molecular weight is 273 g/mol. The standard InChI is InChI=1S/C14H13ClN4/c1-16-7-11-6-10-4-2-3-5-13(10)18-14(11)19-9-12(15)8-17-19/h2-6,8-9,16H,7H2,1H3. The fraction of sp³-hybridized carbons (Fsp3) is 0.143. The van der Waals surface area contributed by atoms with E-state index in [1.54, 1.807) is 17.1 Å². The summed E-state index contributed by atoms with van der Waals surface area (Å²) < 4.78 is 1.71. The van der Waals surface area contributed by atoms with Crippen molar-refractivity contribution >= 4 is 22.5 Å². The van der Waals surface area contributed by atoms with E-state index in [0.29, 0.717) is 5.02 Å². The molecule has 0 bridgehead atoms. The number of nitrogens with one attached hydrogen (secondary N) is 1. The zero-order valence-electron chi connectivity index (χ0n) is 10.5. The van der Waals surface area contributed by atoms with Crippen LogP contribution in [0.15, 0.2) is 42.7 Å². The topological polar surface area (TPSA) is 42.7 Å². The lowest BCUT2D eigenvalue weighted by Crippen LogP contribution is -2.11. The van der Waals surface area contributed by atoms with Gasteiger partial charge in [0.15, 0.2) is 5.82 Å². The largest absolute Gasteiger partial charge is 0.316 e. The van der Waals surface area contributed by atoms with Crippen molar-refractivity contribution in [3.8, 4) is 5.82 Å². The van der Waals surface area contributed by atoms with Crippen molar-refractivity contribution in [2.24, 2.45) is 0 Å². The Labute approximate surface area is 116 Å². The molecule has 0 aliphatic rings. The van der Waals surface area contributed by atoms with Gasteiger partial charge in [0.25, 0.3) is 0 Å². The minimum Gasteiger partial charge on any atom is -0.316 e. The van der Waals surface area contributed by atoms with Crippen LogP contribution in [0.3, 0.4) is 0 Å². The first-order chi connectivity index (χ1) is 9.28. The van der Waals surface area contributed by atoms with Crippen molar-refractivity contribution in [2.45, 2.75) is 6.54 Å². The molecule has 3 aromatic rings. The summed E-state index contributed by atoms with van der Waals surface area (Å²) in [5, 5.41) is 9.10. The van der Waals surface area contributed by atoms with E-state index in [-0.39, 0.29) is 0 Å². The van der Waals surface area contributed by atoms with E-state index in [0.717, 1.165) is 28.8 Å². The van der Waals surface area contributed by atoms with Gasteiger partial charge >= 0.3 is 0 Å². The quantitative estimate of drug-likeness (QED) is 0.797. The maximum Gasteiger partial charge on any atom is 0.158 e. The molecule has 0 saturated carbocycles. The minimum absolute atomic E-state index is 0.602. The SMILES string of the molecule is CNCc1cc2ccccc2nc1-n1cc(Cl)cn1. The highest BCUT2D eigenvalue weighted by molar-refractivity contribution is 6.30. The smallest absolute Gasteiger partial charge is 0.158 e. The second-order valence-electron chi connectivity index (χ2n) is 4.30. The van der Waals surface area contributed by atoms with Gasteiger partial charge in [-0.15, -0.1) is 0 Å². The zero-order chi connectivity index (χ0) is 13.2. The van der Waals surface area contributed by atoms with Crippen LogP contribution in [0.25, 0.3) is 16.7 Å². The number of para-hydroxylation sites is 1. The van der Waals surface area contributed by atoms with Gasteiger partial charge in [-0.2, -0.15) is 5.10 Å². The number of pyridine rings is 1. The molecule has 0 amide bonds. The molecule has 0 spiro atoms. The maximum absolute atomic E-state index is 5.93. The lowest BCUT2D eigenvalue weighted by molar-refractivity contribution is 0.776. The van der Waals surface area contributed by atoms with Crippen molar-refractivity contribution in [2.75, 3.05) is 7.05 Å². The molecule has 4 nitrogen and oxygen atoms in total. The Morgan fingerprint density at radius 1 is 1.32 bits per heavy atom. The molecule has 5 heteroatoms. The van der Waals surface area contributed by atoms with Gasteiger partial charge in [-0.3, -0.25) is 0 Å². The normalized spacial score (nSPS) is 11.1. The van der Waals surface area contributed by atoms with Gasteiger partial charge in [-0.1, -0.05) is 29.8 Å². The Hall–Kier alpha value is -1.91. The molecule has 2 aromatic heterocycles. The van der Waals surface area contributed by atoms with Crippen LogP contribution in [0.5, 0.6) is 0 Å². The predicted octanol–water partition coefficient (Wildman–Crippen LogP) is 2.79. The van der Waals surface area contributed by atoms with Crippen molar-refractivity contribution in [1.29, 1.82) is 0 Å². The van der Waals surface area contributed by atoms with Crippen molar-refractivity contribution < 1.29 is 0 Å². The summed E-state index contributed by atoms with van der Waals surface area (Å²) in [5.41, 5.74) is 2.03. The predicted molar refractivity (Wildman–Crippen MR) is 76.6 cm³/mol. The summed E-state index contributed by atoms with van der Waals surface area (Å²) in [7, 11) is 1.91. The van der Waals surface area contributed by atoms with Crippen LogP contribution in [0, 0.1) is 0 Å². The molecule has 0 unspecified atom stereocenters. The second kappa shape index (κ2) is 4.99. The molecule has 0 fully saturated rings. The molecular formula is C14H13ClN4. The van der Waals surface area contributed by atoms with Crippen LogP contribution in [-0.4, -0.2) is 21.8 Å². The highest BCUT2D eigenvalue weighted by Crippen LogP contribution is 2.20. The minimum atomic E-state index is 0.602. The van der Waals surface area contributed by atoms with E-state index < -0.39 is 0 Å². The Kier molecular flexibility index (Phi) is 3.19. The second-order valence-corrected chi connectivity index (χ2v) is 4.73. The number of fused-ring (bicyclic) bond motifs is 1. The third-order valence-electron chi connectivity index (χ3n) is 2.92. The third-order valence-corrected chi connectivity index (χ3v) is 3.11. The molecule has 0 saturated heterocycles. The van der Waals surface area contributed by atoms with Crippen LogP contribution < -0.4 is 5.32 Å². The van der Waals surface area contributed by atoms with Crippen molar-refractivity contribution in [3.63, 3.8) is 0 Å². The third kappa shape index (κ3) is 2.32. The molecule has 3 rings (SSSR count). The fourth-order valence-corrected chi connectivity index (χ4v) is 2.22. The highest BCUT2D eigenvalue weighted by atomic mass is 35.5. The molecule has 19 heavy (non-hydrogen) atoms. The van der Waals surface area contributed by atoms with Crippen LogP contribution in [-0.2, 0) is 6.54 Å². The Bertz CT molecular complexity index is 720. The van der Waals surface area contributed by atoms with Gasteiger partial charge in [-0.05, 0) is 19.2 Å². The lowest BCUT2D eigenvalue weighted by atomic mass is 10.1. The first-order valence-electron chi connectivity index (χ1n) is 6.02. The number of rotatable bonds is 3. The van der Waals surface area contributed by atoms with Gasteiger partial charge in [0, 0.05) is 17.5 Å². The van der Waals surface area contributed by atoms with Crippen LogP contribution >= 0.6 is 11.6 Å². The zero-order valence-corrected chi connectivity index (χ0v) is 11.2. The van der Waals surface area contributed by atoms with Gasteiger partial charge < -0.3 is 5.32 Å². The van der Waals surface area contributed by atoms with Gasteiger partial charge in [0.05, 0.1) is 22.9 Å². The van der Waals surface area contributed by atoms with Crippen molar-refractivity contribution in [3.05, 3.63) is 53.3 Å². The summed E-state index contributed by atoms with van der Waals surface area (Å²) in [4.78, 5) is 4.68. The van der Waals surface area contributed by atoms with Gasteiger partial charge in [0.2, 0.25) is 0 Å². The van der Waals surface area contributed by atoms with Crippen LogP contribution in [0.1, 0.15) is 5.56 Å².